The van der Waals surface area contributed by atoms with E-state index in [9.17, 15) is 0 Å². The number of benzene rings is 1. The Bertz CT molecular complexity index is 508. The van der Waals surface area contributed by atoms with Crippen molar-refractivity contribution in [1.29, 1.82) is 0 Å². The van der Waals surface area contributed by atoms with Gasteiger partial charge in [0.15, 0.2) is 0 Å². The molecule has 1 fully saturated rings. The van der Waals surface area contributed by atoms with E-state index in [4.69, 9.17) is 4.74 Å². The van der Waals surface area contributed by atoms with Gasteiger partial charge in [-0.15, -0.1) is 12.4 Å². The van der Waals surface area contributed by atoms with E-state index in [0.29, 0.717) is 0 Å². The number of halogens is 1. The van der Waals surface area contributed by atoms with Gasteiger partial charge in [0.05, 0.1) is 6.61 Å². The van der Waals surface area contributed by atoms with Crippen LogP contribution in [0, 0.1) is 5.92 Å². The van der Waals surface area contributed by atoms with Gasteiger partial charge in [-0.05, 0) is 66.3 Å². The molecule has 138 valence electrons. The summed E-state index contributed by atoms with van der Waals surface area (Å²) in [6.45, 7) is 16.8. The molecule has 1 aromatic carbocycles. The Balaban J connectivity index is 0.00000288. The van der Waals surface area contributed by atoms with E-state index in [-0.39, 0.29) is 23.2 Å². The van der Waals surface area contributed by atoms with Crippen molar-refractivity contribution in [2.45, 2.75) is 71.6 Å². The van der Waals surface area contributed by atoms with Crippen molar-refractivity contribution in [3.05, 3.63) is 29.3 Å². The molecule has 1 saturated heterocycles. The average Bonchev–Trinajstić information content (AvgIpc) is 2.46. The number of hydrogen-bond acceptors (Lipinski definition) is 2. The summed E-state index contributed by atoms with van der Waals surface area (Å²) in [6, 6.07) is 6.76. The van der Waals surface area contributed by atoms with E-state index in [2.05, 4.69) is 65.1 Å². The molecule has 1 heterocycles. The minimum Gasteiger partial charge on any atom is -0.493 e. The van der Waals surface area contributed by atoms with Crippen LogP contribution in [0.3, 0.4) is 0 Å². The van der Waals surface area contributed by atoms with Crippen molar-refractivity contribution < 1.29 is 4.74 Å². The van der Waals surface area contributed by atoms with Crippen LogP contribution in [-0.2, 0) is 10.8 Å². The van der Waals surface area contributed by atoms with Crippen molar-refractivity contribution in [3.8, 4) is 5.75 Å². The van der Waals surface area contributed by atoms with Gasteiger partial charge >= 0.3 is 0 Å². The number of ether oxygens (including phenoxy) is 1. The molecule has 2 rings (SSSR count). The highest BCUT2D eigenvalue weighted by atomic mass is 35.5. The molecule has 24 heavy (non-hydrogen) atoms. The smallest absolute Gasteiger partial charge is 0.123 e. The van der Waals surface area contributed by atoms with Crippen LogP contribution in [0.4, 0.5) is 0 Å². The Morgan fingerprint density at radius 3 is 2.17 bits per heavy atom. The van der Waals surface area contributed by atoms with Crippen molar-refractivity contribution in [2.75, 3.05) is 19.7 Å². The molecule has 0 atom stereocenters. The van der Waals surface area contributed by atoms with Crippen molar-refractivity contribution in [1.82, 2.24) is 5.32 Å². The fourth-order valence-corrected chi connectivity index (χ4v) is 3.21. The van der Waals surface area contributed by atoms with Crippen LogP contribution < -0.4 is 10.1 Å². The van der Waals surface area contributed by atoms with Gasteiger partial charge in [0, 0.05) is 0 Å². The van der Waals surface area contributed by atoms with Crippen LogP contribution in [0.15, 0.2) is 18.2 Å². The summed E-state index contributed by atoms with van der Waals surface area (Å²) in [7, 11) is 0. The summed E-state index contributed by atoms with van der Waals surface area (Å²) >= 11 is 0. The van der Waals surface area contributed by atoms with Gasteiger partial charge in [0.25, 0.3) is 0 Å². The molecule has 1 aromatic rings. The number of hydrogen-bond donors (Lipinski definition) is 1. The first-order chi connectivity index (χ1) is 10.7. The SMILES string of the molecule is CC(C)(C)c1ccc(OCCC2CCNCC2)c(C(C)(C)C)c1.Cl. The van der Waals surface area contributed by atoms with Gasteiger partial charge in [-0.3, -0.25) is 0 Å². The maximum atomic E-state index is 6.21. The van der Waals surface area contributed by atoms with Gasteiger partial charge in [0.2, 0.25) is 0 Å². The van der Waals surface area contributed by atoms with Crippen LogP contribution >= 0.6 is 12.4 Å². The Kier molecular flexibility index (Phi) is 7.62. The second kappa shape index (κ2) is 8.58. The van der Waals surface area contributed by atoms with Crippen molar-refractivity contribution in [2.24, 2.45) is 5.92 Å². The second-order valence-electron chi connectivity index (χ2n) is 9.04. The lowest BCUT2D eigenvalue weighted by atomic mass is 9.80. The first kappa shape index (κ1) is 21.3. The van der Waals surface area contributed by atoms with E-state index in [1.165, 1.54) is 30.4 Å². The number of piperidine rings is 1. The van der Waals surface area contributed by atoms with Crippen LogP contribution in [0.2, 0.25) is 0 Å². The molecule has 0 aliphatic carbocycles. The molecule has 1 aliphatic heterocycles. The minimum atomic E-state index is 0. The first-order valence-electron chi connectivity index (χ1n) is 9.16. The summed E-state index contributed by atoms with van der Waals surface area (Å²) in [6.07, 6.45) is 3.75. The molecule has 0 spiro atoms. The quantitative estimate of drug-likeness (QED) is 0.774. The average molecular weight is 354 g/mol. The zero-order valence-corrected chi connectivity index (χ0v) is 17.2. The van der Waals surface area contributed by atoms with Crippen molar-refractivity contribution >= 4 is 12.4 Å². The summed E-state index contributed by atoms with van der Waals surface area (Å²) in [5.74, 6) is 1.89. The predicted octanol–water partition coefficient (Wildman–Crippen LogP) is 5.47. The van der Waals surface area contributed by atoms with E-state index in [0.717, 1.165) is 31.4 Å². The molecule has 3 heteroatoms. The fourth-order valence-electron chi connectivity index (χ4n) is 3.21. The molecule has 0 saturated carbocycles. The van der Waals surface area contributed by atoms with Crippen molar-refractivity contribution in [3.63, 3.8) is 0 Å². The lowest BCUT2D eigenvalue weighted by molar-refractivity contribution is 0.248. The molecule has 1 aliphatic rings. The third-order valence-corrected chi connectivity index (χ3v) is 4.90. The Morgan fingerprint density at radius 1 is 1.00 bits per heavy atom. The number of rotatable bonds is 4. The third kappa shape index (κ3) is 5.97. The molecule has 2 nitrogen and oxygen atoms in total. The molecule has 0 unspecified atom stereocenters. The number of nitrogens with one attached hydrogen (secondary N) is 1. The van der Waals surface area contributed by atoms with Crippen LogP contribution in [0.5, 0.6) is 5.75 Å². The molecule has 1 N–H and O–H groups in total. The highest BCUT2D eigenvalue weighted by Gasteiger charge is 2.23. The second-order valence-corrected chi connectivity index (χ2v) is 9.04. The maximum Gasteiger partial charge on any atom is 0.123 e. The zero-order chi connectivity index (χ0) is 17.1. The van der Waals surface area contributed by atoms with Gasteiger partial charge in [0.1, 0.15) is 5.75 Å². The van der Waals surface area contributed by atoms with Gasteiger partial charge in [-0.25, -0.2) is 0 Å². The normalized spacial score (nSPS) is 16.6. The maximum absolute atomic E-state index is 6.21. The van der Waals surface area contributed by atoms with Gasteiger partial charge < -0.3 is 10.1 Å². The Morgan fingerprint density at radius 2 is 1.62 bits per heavy atom. The summed E-state index contributed by atoms with van der Waals surface area (Å²) in [5.41, 5.74) is 2.99. The van der Waals surface area contributed by atoms with E-state index in [1.807, 2.05) is 0 Å². The van der Waals surface area contributed by atoms with Crippen LogP contribution in [0.25, 0.3) is 0 Å². The largest absolute Gasteiger partial charge is 0.493 e. The summed E-state index contributed by atoms with van der Waals surface area (Å²) in [4.78, 5) is 0. The van der Waals surface area contributed by atoms with Crippen LogP contribution in [-0.4, -0.2) is 19.7 Å². The van der Waals surface area contributed by atoms with Crippen LogP contribution in [0.1, 0.15) is 71.9 Å². The standard InChI is InChI=1S/C21H35NO.ClH/c1-20(2,3)17-7-8-19(18(15-17)21(4,5)6)23-14-11-16-9-12-22-13-10-16;/h7-8,15-16,22H,9-14H2,1-6H3;1H. The summed E-state index contributed by atoms with van der Waals surface area (Å²) in [5, 5.41) is 3.43. The first-order valence-corrected chi connectivity index (χ1v) is 9.16. The highest BCUT2D eigenvalue weighted by molar-refractivity contribution is 5.85. The van der Waals surface area contributed by atoms with E-state index >= 15 is 0 Å². The minimum absolute atomic E-state index is 0. The lowest BCUT2D eigenvalue weighted by Gasteiger charge is -2.28. The van der Waals surface area contributed by atoms with Gasteiger partial charge in [-0.1, -0.05) is 53.7 Å². The monoisotopic (exact) mass is 353 g/mol. The Labute approximate surface area is 155 Å². The predicted molar refractivity (Wildman–Crippen MR) is 107 cm³/mol. The molecule has 0 radical (unpaired) electrons. The molecular weight excluding hydrogens is 318 g/mol. The summed E-state index contributed by atoms with van der Waals surface area (Å²) < 4.78 is 6.21. The third-order valence-electron chi connectivity index (χ3n) is 4.90. The Hall–Kier alpha value is -0.730. The highest BCUT2D eigenvalue weighted by Crippen LogP contribution is 2.35. The molecular formula is C21H36ClNO. The fraction of sp³-hybridized carbons (Fsp3) is 0.714. The van der Waals surface area contributed by atoms with Gasteiger partial charge in [-0.2, -0.15) is 0 Å². The molecule has 0 amide bonds. The zero-order valence-electron chi connectivity index (χ0n) is 16.4. The molecule has 0 bridgehead atoms. The van der Waals surface area contributed by atoms with E-state index < -0.39 is 0 Å². The molecule has 0 aromatic heterocycles. The van der Waals surface area contributed by atoms with E-state index in [1.54, 1.807) is 0 Å². The lowest BCUT2D eigenvalue weighted by Crippen LogP contribution is -2.28. The topological polar surface area (TPSA) is 21.3 Å².